The Morgan fingerprint density at radius 2 is 1.73 bits per heavy atom. The lowest BCUT2D eigenvalue weighted by Crippen LogP contribution is -2.68. The van der Waals surface area contributed by atoms with Gasteiger partial charge in [0.25, 0.3) is 0 Å². The van der Waals surface area contributed by atoms with Crippen molar-refractivity contribution < 1.29 is 14.0 Å². The van der Waals surface area contributed by atoms with Gasteiger partial charge in [-0.05, 0) is 32.1 Å². The molecular formula is C19H37N3O3Si. The smallest absolute Gasteiger partial charge is 0.228 e. The SMILES string of the molecule is CC(O[Si](C)(C)C(C)(C)C)C1C(=O)NC1C(C)C(=O)N1CCN(C)CC1. The fraction of sp³-hybridized carbons (Fsp3) is 0.895. The zero-order valence-corrected chi connectivity index (χ0v) is 18.8. The largest absolute Gasteiger partial charge is 0.413 e. The number of piperazine rings is 1. The monoisotopic (exact) mass is 383 g/mol. The van der Waals surface area contributed by atoms with Crippen LogP contribution in [0.25, 0.3) is 0 Å². The fourth-order valence-electron chi connectivity index (χ4n) is 3.54. The van der Waals surface area contributed by atoms with Gasteiger partial charge in [-0.3, -0.25) is 9.59 Å². The summed E-state index contributed by atoms with van der Waals surface area (Å²) in [5.74, 6) is -0.297. The first-order valence-corrected chi connectivity index (χ1v) is 12.7. The Morgan fingerprint density at radius 3 is 2.19 bits per heavy atom. The van der Waals surface area contributed by atoms with E-state index in [4.69, 9.17) is 4.43 Å². The zero-order valence-electron chi connectivity index (χ0n) is 17.8. The minimum atomic E-state index is -1.96. The number of nitrogens with zero attached hydrogens (tertiary/aromatic N) is 2. The molecule has 2 rings (SSSR count). The van der Waals surface area contributed by atoms with Crippen LogP contribution < -0.4 is 5.32 Å². The molecule has 2 aliphatic heterocycles. The predicted octanol–water partition coefficient (Wildman–Crippen LogP) is 1.92. The van der Waals surface area contributed by atoms with E-state index in [0.717, 1.165) is 26.2 Å². The minimum Gasteiger partial charge on any atom is -0.413 e. The van der Waals surface area contributed by atoms with E-state index < -0.39 is 8.32 Å². The molecule has 2 fully saturated rings. The van der Waals surface area contributed by atoms with Crippen LogP contribution in [0.2, 0.25) is 18.1 Å². The number of hydrogen-bond donors (Lipinski definition) is 1. The van der Waals surface area contributed by atoms with Crippen LogP contribution >= 0.6 is 0 Å². The molecule has 7 heteroatoms. The summed E-state index contributed by atoms with van der Waals surface area (Å²) in [5.41, 5.74) is 0. The molecule has 0 aliphatic carbocycles. The Labute approximate surface area is 159 Å². The van der Waals surface area contributed by atoms with Gasteiger partial charge in [-0.1, -0.05) is 27.7 Å². The van der Waals surface area contributed by atoms with E-state index in [2.05, 4.69) is 51.1 Å². The van der Waals surface area contributed by atoms with Crippen LogP contribution in [0.3, 0.4) is 0 Å². The molecule has 0 aromatic rings. The normalized spacial score (nSPS) is 27.5. The van der Waals surface area contributed by atoms with Crippen molar-refractivity contribution in [2.75, 3.05) is 33.2 Å². The van der Waals surface area contributed by atoms with Crippen LogP contribution in [0, 0.1) is 11.8 Å². The van der Waals surface area contributed by atoms with Crippen molar-refractivity contribution in [2.24, 2.45) is 11.8 Å². The third-order valence-corrected chi connectivity index (χ3v) is 11.1. The van der Waals surface area contributed by atoms with Crippen molar-refractivity contribution in [3.63, 3.8) is 0 Å². The molecule has 1 N–H and O–H groups in total. The lowest BCUT2D eigenvalue weighted by Gasteiger charge is -2.47. The number of amides is 2. The molecule has 2 amide bonds. The van der Waals surface area contributed by atoms with Crippen molar-refractivity contribution in [2.45, 2.75) is 64.9 Å². The highest BCUT2D eigenvalue weighted by molar-refractivity contribution is 6.74. The van der Waals surface area contributed by atoms with Crippen LogP contribution in [0.4, 0.5) is 0 Å². The summed E-state index contributed by atoms with van der Waals surface area (Å²) in [4.78, 5) is 29.3. The standard InChI is InChI=1S/C19H37N3O3Si/c1-13(18(24)22-11-9-21(6)10-12-22)16-15(17(23)20-16)14(2)25-26(7,8)19(3,4)5/h13-16H,9-12H2,1-8H3,(H,20,23). The van der Waals surface area contributed by atoms with Gasteiger partial charge in [0.1, 0.15) is 0 Å². The molecule has 2 aliphatic rings. The number of carbonyl (C=O) groups is 2. The third kappa shape index (κ3) is 4.31. The van der Waals surface area contributed by atoms with Gasteiger partial charge in [0, 0.05) is 26.2 Å². The van der Waals surface area contributed by atoms with Gasteiger partial charge in [0.15, 0.2) is 8.32 Å². The van der Waals surface area contributed by atoms with Crippen molar-refractivity contribution in [3.8, 4) is 0 Å². The van der Waals surface area contributed by atoms with Crippen molar-refractivity contribution in [3.05, 3.63) is 0 Å². The number of rotatable bonds is 5. The van der Waals surface area contributed by atoms with E-state index in [1.807, 2.05) is 18.7 Å². The molecule has 2 saturated heterocycles. The van der Waals surface area contributed by atoms with Crippen LogP contribution in [0.15, 0.2) is 0 Å². The Balaban J connectivity index is 2.01. The van der Waals surface area contributed by atoms with Crippen molar-refractivity contribution in [1.82, 2.24) is 15.1 Å². The van der Waals surface area contributed by atoms with Crippen LogP contribution in [0.5, 0.6) is 0 Å². The Bertz CT molecular complexity index is 539. The van der Waals surface area contributed by atoms with Gasteiger partial charge in [0.2, 0.25) is 11.8 Å². The van der Waals surface area contributed by atoms with Crippen LogP contribution in [-0.2, 0) is 14.0 Å². The highest BCUT2D eigenvalue weighted by Gasteiger charge is 2.50. The molecular weight excluding hydrogens is 346 g/mol. The molecule has 0 spiro atoms. The molecule has 0 saturated carbocycles. The van der Waals surface area contributed by atoms with E-state index >= 15 is 0 Å². The number of likely N-dealkylation sites (N-methyl/N-ethyl adjacent to an activating group) is 1. The second-order valence-corrected chi connectivity index (χ2v) is 14.3. The summed E-state index contributed by atoms with van der Waals surface area (Å²) < 4.78 is 6.44. The molecule has 2 heterocycles. The van der Waals surface area contributed by atoms with Crippen molar-refractivity contribution in [1.29, 1.82) is 0 Å². The summed E-state index contributed by atoms with van der Waals surface area (Å²) in [6.45, 7) is 18.3. The van der Waals surface area contributed by atoms with E-state index in [9.17, 15) is 9.59 Å². The Kier molecular flexibility index (Phi) is 6.25. The van der Waals surface area contributed by atoms with Crippen LogP contribution in [0.1, 0.15) is 34.6 Å². The summed E-state index contributed by atoms with van der Waals surface area (Å²) in [6.07, 6.45) is -0.169. The highest BCUT2D eigenvalue weighted by atomic mass is 28.4. The summed E-state index contributed by atoms with van der Waals surface area (Å²) in [7, 11) is 0.122. The average molecular weight is 384 g/mol. The summed E-state index contributed by atoms with van der Waals surface area (Å²) >= 11 is 0. The molecule has 4 unspecified atom stereocenters. The van der Waals surface area contributed by atoms with Gasteiger partial charge >= 0.3 is 0 Å². The molecule has 0 bridgehead atoms. The predicted molar refractivity (Wildman–Crippen MR) is 106 cm³/mol. The maximum absolute atomic E-state index is 12.9. The first kappa shape index (κ1) is 21.4. The van der Waals surface area contributed by atoms with E-state index in [0.29, 0.717) is 0 Å². The average Bonchev–Trinajstić information content (AvgIpc) is 2.50. The van der Waals surface area contributed by atoms with Gasteiger partial charge in [-0.25, -0.2) is 0 Å². The molecule has 150 valence electrons. The second kappa shape index (κ2) is 7.60. The first-order valence-electron chi connectivity index (χ1n) is 9.80. The first-order chi connectivity index (χ1) is 11.8. The van der Waals surface area contributed by atoms with Gasteiger partial charge in [-0.15, -0.1) is 0 Å². The number of β-lactam (4-membered cyclic amide) rings is 1. The molecule has 0 radical (unpaired) electrons. The maximum Gasteiger partial charge on any atom is 0.228 e. The van der Waals surface area contributed by atoms with Gasteiger partial charge in [-0.2, -0.15) is 0 Å². The quantitative estimate of drug-likeness (QED) is 0.582. The number of hydrogen-bond acceptors (Lipinski definition) is 4. The highest BCUT2D eigenvalue weighted by Crippen LogP contribution is 2.39. The van der Waals surface area contributed by atoms with Crippen molar-refractivity contribution >= 4 is 20.1 Å². The Hall–Kier alpha value is -0.923. The van der Waals surface area contributed by atoms with Gasteiger partial charge in [0.05, 0.1) is 24.0 Å². The summed E-state index contributed by atoms with van der Waals surface area (Å²) in [6, 6.07) is -0.130. The third-order valence-electron chi connectivity index (χ3n) is 6.53. The lowest BCUT2D eigenvalue weighted by molar-refractivity contribution is -0.148. The summed E-state index contributed by atoms with van der Waals surface area (Å²) in [5, 5.41) is 3.06. The van der Waals surface area contributed by atoms with E-state index in [1.54, 1.807) is 0 Å². The Morgan fingerprint density at radius 1 is 1.19 bits per heavy atom. The molecule has 26 heavy (non-hydrogen) atoms. The molecule has 4 atom stereocenters. The number of nitrogens with one attached hydrogen (secondary N) is 1. The molecule has 0 aromatic heterocycles. The van der Waals surface area contributed by atoms with Gasteiger partial charge < -0.3 is 19.5 Å². The second-order valence-electron chi connectivity index (χ2n) is 9.56. The molecule has 6 nitrogen and oxygen atoms in total. The number of carbonyl (C=O) groups excluding carboxylic acids is 2. The minimum absolute atomic E-state index is 0.0132. The van der Waals surface area contributed by atoms with E-state index in [1.165, 1.54) is 0 Å². The maximum atomic E-state index is 12.9. The van der Waals surface area contributed by atoms with Crippen LogP contribution in [-0.4, -0.2) is 75.3 Å². The zero-order chi connectivity index (χ0) is 19.9. The topological polar surface area (TPSA) is 61.9 Å². The molecule has 0 aromatic carbocycles. The fourth-order valence-corrected chi connectivity index (χ4v) is 4.97. The van der Waals surface area contributed by atoms with E-state index in [-0.39, 0.29) is 40.8 Å². The lowest BCUT2D eigenvalue weighted by atomic mass is 9.78.